The quantitative estimate of drug-likeness (QED) is 0.339. The molecular weight excluding hydrogens is 440 g/mol. The molecule has 2 aromatic heterocycles. The van der Waals surface area contributed by atoms with Gasteiger partial charge in [0.05, 0.1) is 12.3 Å². The Balaban J connectivity index is 1.46. The van der Waals surface area contributed by atoms with Crippen molar-refractivity contribution in [3.8, 4) is 17.0 Å². The van der Waals surface area contributed by atoms with Crippen molar-refractivity contribution in [3.63, 3.8) is 0 Å². The Hall–Kier alpha value is -3.71. The molecule has 2 heterocycles. The SMILES string of the molecule is CC(=O)OCCc1ccccc1OCc1nc(-c2cccc(CN)c2)c2ccn(CC3CC3)c2n1. The van der Waals surface area contributed by atoms with Crippen LogP contribution in [-0.4, -0.2) is 27.1 Å². The molecule has 4 aromatic rings. The molecule has 0 bridgehead atoms. The molecule has 7 nitrogen and oxygen atoms in total. The summed E-state index contributed by atoms with van der Waals surface area (Å²) >= 11 is 0. The molecule has 0 unspecified atom stereocenters. The Bertz CT molecular complexity index is 1340. The van der Waals surface area contributed by atoms with Gasteiger partial charge in [0.1, 0.15) is 18.0 Å². The zero-order chi connectivity index (χ0) is 24.2. The number of ether oxygens (including phenoxy) is 2. The number of aromatic nitrogens is 3. The van der Waals surface area contributed by atoms with Gasteiger partial charge in [0.15, 0.2) is 5.82 Å². The van der Waals surface area contributed by atoms with E-state index in [1.54, 1.807) is 0 Å². The third-order valence-electron chi connectivity index (χ3n) is 6.26. The third-order valence-corrected chi connectivity index (χ3v) is 6.26. The van der Waals surface area contributed by atoms with E-state index in [0.29, 0.717) is 25.4 Å². The van der Waals surface area contributed by atoms with Crippen LogP contribution in [0, 0.1) is 5.92 Å². The molecule has 0 aliphatic heterocycles. The van der Waals surface area contributed by atoms with Gasteiger partial charge >= 0.3 is 5.97 Å². The largest absolute Gasteiger partial charge is 0.485 e. The molecule has 7 heteroatoms. The van der Waals surface area contributed by atoms with Gasteiger partial charge in [0.2, 0.25) is 0 Å². The number of nitrogens with zero attached hydrogens (tertiary/aromatic N) is 3. The van der Waals surface area contributed by atoms with E-state index in [4.69, 9.17) is 25.2 Å². The Morgan fingerprint density at radius 2 is 1.97 bits per heavy atom. The number of esters is 1. The van der Waals surface area contributed by atoms with Crippen LogP contribution in [0.1, 0.15) is 36.7 Å². The first-order valence-corrected chi connectivity index (χ1v) is 12.1. The monoisotopic (exact) mass is 470 g/mol. The molecule has 1 aliphatic rings. The molecule has 2 N–H and O–H groups in total. The van der Waals surface area contributed by atoms with E-state index in [1.165, 1.54) is 19.8 Å². The van der Waals surface area contributed by atoms with Gasteiger partial charge in [0.25, 0.3) is 0 Å². The normalized spacial score (nSPS) is 13.2. The predicted molar refractivity (Wildman–Crippen MR) is 135 cm³/mol. The van der Waals surface area contributed by atoms with Gasteiger partial charge in [-0.3, -0.25) is 4.79 Å². The number of hydrogen-bond acceptors (Lipinski definition) is 6. The molecule has 35 heavy (non-hydrogen) atoms. The fourth-order valence-electron chi connectivity index (χ4n) is 4.26. The van der Waals surface area contributed by atoms with E-state index in [-0.39, 0.29) is 12.6 Å². The van der Waals surface area contributed by atoms with E-state index >= 15 is 0 Å². The van der Waals surface area contributed by atoms with Crippen molar-refractivity contribution in [2.75, 3.05) is 6.61 Å². The Kier molecular flexibility index (Phi) is 6.77. The number of benzene rings is 2. The van der Waals surface area contributed by atoms with Crippen LogP contribution in [0.2, 0.25) is 0 Å². The Labute approximate surface area is 204 Å². The highest BCUT2D eigenvalue weighted by Gasteiger charge is 2.23. The number of hydrogen-bond donors (Lipinski definition) is 1. The van der Waals surface area contributed by atoms with Gasteiger partial charge in [-0.15, -0.1) is 0 Å². The lowest BCUT2D eigenvalue weighted by atomic mass is 10.1. The van der Waals surface area contributed by atoms with Crippen LogP contribution < -0.4 is 10.5 Å². The number of carbonyl (C=O) groups is 1. The third kappa shape index (κ3) is 5.52. The number of fused-ring (bicyclic) bond motifs is 1. The molecule has 5 rings (SSSR count). The molecule has 1 aliphatic carbocycles. The van der Waals surface area contributed by atoms with Gasteiger partial charge in [-0.1, -0.05) is 36.4 Å². The van der Waals surface area contributed by atoms with Gasteiger partial charge < -0.3 is 19.8 Å². The summed E-state index contributed by atoms with van der Waals surface area (Å²) in [5.74, 6) is 1.80. The summed E-state index contributed by atoms with van der Waals surface area (Å²) in [5, 5.41) is 1.03. The highest BCUT2D eigenvalue weighted by Crippen LogP contribution is 2.33. The van der Waals surface area contributed by atoms with E-state index in [2.05, 4.69) is 29.0 Å². The van der Waals surface area contributed by atoms with Crippen molar-refractivity contribution in [2.24, 2.45) is 11.7 Å². The van der Waals surface area contributed by atoms with Crippen molar-refractivity contribution >= 4 is 17.0 Å². The van der Waals surface area contributed by atoms with Gasteiger partial charge in [0, 0.05) is 43.6 Å². The fraction of sp³-hybridized carbons (Fsp3) is 0.321. The lowest BCUT2D eigenvalue weighted by Crippen LogP contribution is -2.08. The summed E-state index contributed by atoms with van der Waals surface area (Å²) in [5.41, 5.74) is 10.8. The van der Waals surface area contributed by atoms with E-state index in [1.807, 2.05) is 36.4 Å². The second-order valence-corrected chi connectivity index (χ2v) is 9.03. The molecule has 0 radical (unpaired) electrons. The summed E-state index contributed by atoms with van der Waals surface area (Å²) in [7, 11) is 0. The number of para-hydroxylation sites is 1. The molecule has 0 atom stereocenters. The average molecular weight is 471 g/mol. The molecule has 2 aromatic carbocycles. The van der Waals surface area contributed by atoms with Crippen molar-refractivity contribution in [1.82, 2.24) is 14.5 Å². The predicted octanol–water partition coefficient (Wildman–Crippen LogP) is 4.65. The van der Waals surface area contributed by atoms with Crippen LogP contribution in [0.25, 0.3) is 22.3 Å². The van der Waals surface area contributed by atoms with Crippen molar-refractivity contribution in [3.05, 3.63) is 77.7 Å². The minimum absolute atomic E-state index is 0.235. The summed E-state index contributed by atoms with van der Waals surface area (Å²) < 4.78 is 13.5. The van der Waals surface area contributed by atoms with Crippen LogP contribution in [0.4, 0.5) is 0 Å². The summed E-state index contributed by atoms with van der Waals surface area (Å²) in [4.78, 5) is 21.0. The molecule has 0 spiro atoms. The Morgan fingerprint density at radius 3 is 2.77 bits per heavy atom. The van der Waals surface area contributed by atoms with E-state index in [9.17, 15) is 4.79 Å². The van der Waals surface area contributed by atoms with Gasteiger partial charge in [-0.2, -0.15) is 0 Å². The number of nitrogens with two attached hydrogens (primary N) is 1. The van der Waals surface area contributed by atoms with E-state index < -0.39 is 0 Å². The van der Waals surface area contributed by atoms with Crippen molar-refractivity contribution in [2.45, 2.75) is 45.9 Å². The molecule has 1 fully saturated rings. The lowest BCUT2D eigenvalue weighted by Gasteiger charge is -2.13. The first-order valence-electron chi connectivity index (χ1n) is 12.1. The fourth-order valence-corrected chi connectivity index (χ4v) is 4.26. The van der Waals surface area contributed by atoms with E-state index in [0.717, 1.165) is 51.6 Å². The van der Waals surface area contributed by atoms with Crippen molar-refractivity contribution in [1.29, 1.82) is 0 Å². The van der Waals surface area contributed by atoms with Gasteiger partial charge in [-0.25, -0.2) is 9.97 Å². The van der Waals surface area contributed by atoms with Crippen LogP contribution in [0.5, 0.6) is 5.75 Å². The minimum Gasteiger partial charge on any atom is -0.485 e. The second kappa shape index (κ2) is 10.3. The van der Waals surface area contributed by atoms with Crippen LogP contribution in [0.15, 0.2) is 60.8 Å². The lowest BCUT2D eigenvalue weighted by molar-refractivity contribution is -0.140. The first kappa shape index (κ1) is 23.1. The van der Waals surface area contributed by atoms with Crippen LogP contribution in [-0.2, 0) is 35.6 Å². The molecule has 0 amide bonds. The van der Waals surface area contributed by atoms with Gasteiger partial charge in [-0.05, 0) is 48.1 Å². The topological polar surface area (TPSA) is 92.3 Å². The molecular formula is C28H30N4O3. The number of carbonyl (C=O) groups excluding carboxylic acids is 1. The summed E-state index contributed by atoms with van der Waals surface area (Å²) in [6, 6.07) is 18.1. The zero-order valence-corrected chi connectivity index (χ0v) is 19.9. The first-order chi connectivity index (χ1) is 17.1. The standard InChI is InChI=1S/C28H30N4O3/c1-19(33)34-14-12-22-6-2-3-8-25(22)35-18-26-30-27(23-7-4-5-21(15-23)16-29)24-11-13-32(28(24)31-26)17-20-9-10-20/h2-8,11,13,15,20H,9-10,12,14,16-18,29H2,1H3. The van der Waals surface area contributed by atoms with Crippen LogP contribution in [0.3, 0.4) is 0 Å². The average Bonchev–Trinajstić information content (AvgIpc) is 3.61. The molecule has 180 valence electrons. The maximum absolute atomic E-state index is 11.1. The highest BCUT2D eigenvalue weighted by atomic mass is 16.5. The molecule has 1 saturated carbocycles. The summed E-state index contributed by atoms with van der Waals surface area (Å²) in [6.07, 6.45) is 5.24. The maximum Gasteiger partial charge on any atom is 0.302 e. The summed E-state index contributed by atoms with van der Waals surface area (Å²) in [6.45, 7) is 3.41. The second-order valence-electron chi connectivity index (χ2n) is 9.03. The smallest absolute Gasteiger partial charge is 0.302 e. The minimum atomic E-state index is -0.287. The maximum atomic E-state index is 11.1. The zero-order valence-electron chi connectivity index (χ0n) is 19.9. The van der Waals surface area contributed by atoms with Crippen molar-refractivity contribution < 1.29 is 14.3 Å². The number of rotatable bonds is 10. The highest BCUT2D eigenvalue weighted by molar-refractivity contribution is 5.91. The Morgan fingerprint density at radius 1 is 1.11 bits per heavy atom. The van der Waals surface area contributed by atoms with Crippen LogP contribution >= 0.6 is 0 Å². The molecule has 0 saturated heterocycles.